The number of aromatic nitrogens is 1. The number of carbonyl (C=O) groups excluding carboxylic acids is 1. The monoisotopic (exact) mass is 313 g/mol. The van der Waals surface area contributed by atoms with E-state index < -0.39 is 10.0 Å². The van der Waals surface area contributed by atoms with Crippen molar-refractivity contribution in [2.45, 2.75) is 57.0 Å². The molecule has 2 rings (SSSR count). The number of primary sulfonamides is 1. The van der Waals surface area contributed by atoms with Crippen molar-refractivity contribution < 1.29 is 13.2 Å². The molecular formula is C14H23N3O3S. The number of hydrogen-bond donors (Lipinski definition) is 2. The van der Waals surface area contributed by atoms with Gasteiger partial charge in [-0.1, -0.05) is 13.8 Å². The molecule has 1 saturated carbocycles. The minimum absolute atomic E-state index is 0.0131. The highest BCUT2D eigenvalue weighted by Crippen LogP contribution is 2.25. The summed E-state index contributed by atoms with van der Waals surface area (Å²) in [4.78, 5) is 12.4. The fourth-order valence-corrected chi connectivity index (χ4v) is 3.40. The first-order valence-corrected chi connectivity index (χ1v) is 8.89. The molecule has 0 spiro atoms. The summed E-state index contributed by atoms with van der Waals surface area (Å²) < 4.78 is 24.6. The molecule has 0 aromatic carbocycles. The largest absolute Gasteiger partial charge is 0.348 e. The van der Waals surface area contributed by atoms with Crippen molar-refractivity contribution in [1.29, 1.82) is 0 Å². The van der Waals surface area contributed by atoms with Crippen molar-refractivity contribution in [2.75, 3.05) is 0 Å². The third kappa shape index (κ3) is 3.85. The highest BCUT2D eigenvalue weighted by atomic mass is 32.2. The molecule has 1 aromatic rings. The van der Waals surface area contributed by atoms with Crippen LogP contribution in [0.4, 0.5) is 0 Å². The first kappa shape index (κ1) is 16.0. The van der Waals surface area contributed by atoms with Gasteiger partial charge in [-0.15, -0.1) is 0 Å². The molecule has 6 nitrogen and oxygen atoms in total. The lowest BCUT2D eigenvalue weighted by Crippen LogP contribution is -2.34. The standard InChI is InChI=1S/C14H23N3O3S/c1-3-6-17-9-12(21(15,19)20)8-13(17)14(18)16-11-5-4-10(2)7-11/h8-11H,3-7H2,1-2H3,(H,16,18)(H2,15,19,20). The van der Waals surface area contributed by atoms with Gasteiger partial charge in [0.2, 0.25) is 10.0 Å². The Labute approximate surface area is 125 Å². The van der Waals surface area contributed by atoms with Crippen molar-refractivity contribution in [1.82, 2.24) is 9.88 Å². The Hall–Kier alpha value is -1.34. The summed E-state index contributed by atoms with van der Waals surface area (Å²) in [6, 6.07) is 1.54. The smallest absolute Gasteiger partial charge is 0.268 e. The van der Waals surface area contributed by atoms with E-state index in [0.29, 0.717) is 18.2 Å². The van der Waals surface area contributed by atoms with E-state index in [0.717, 1.165) is 25.7 Å². The molecule has 3 N–H and O–H groups in total. The van der Waals surface area contributed by atoms with Gasteiger partial charge in [0.25, 0.3) is 5.91 Å². The predicted molar refractivity (Wildman–Crippen MR) is 80.4 cm³/mol. The zero-order valence-corrected chi connectivity index (χ0v) is 13.3. The van der Waals surface area contributed by atoms with Crippen LogP contribution >= 0.6 is 0 Å². The third-order valence-electron chi connectivity index (χ3n) is 3.93. The van der Waals surface area contributed by atoms with E-state index in [-0.39, 0.29) is 16.8 Å². The molecule has 2 atom stereocenters. The predicted octanol–water partition coefficient (Wildman–Crippen LogP) is 1.46. The third-order valence-corrected chi connectivity index (χ3v) is 4.81. The van der Waals surface area contributed by atoms with Crippen LogP contribution < -0.4 is 10.5 Å². The summed E-state index contributed by atoms with van der Waals surface area (Å²) >= 11 is 0. The number of aryl methyl sites for hydroxylation is 1. The van der Waals surface area contributed by atoms with Crippen LogP contribution in [0, 0.1) is 5.92 Å². The second kappa shape index (κ2) is 6.19. The lowest BCUT2D eigenvalue weighted by atomic mass is 10.1. The summed E-state index contributed by atoms with van der Waals surface area (Å²) in [6.07, 6.45) is 5.31. The van der Waals surface area contributed by atoms with Gasteiger partial charge >= 0.3 is 0 Å². The number of amides is 1. The normalized spacial score (nSPS) is 22.4. The molecule has 7 heteroatoms. The van der Waals surface area contributed by atoms with E-state index >= 15 is 0 Å². The van der Waals surface area contributed by atoms with Crippen LogP contribution in [0.25, 0.3) is 0 Å². The molecule has 2 unspecified atom stereocenters. The second-order valence-electron chi connectivity index (χ2n) is 5.89. The van der Waals surface area contributed by atoms with E-state index in [9.17, 15) is 13.2 Å². The summed E-state index contributed by atoms with van der Waals surface area (Å²) in [6.45, 7) is 4.72. The minimum atomic E-state index is -3.79. The van der Waals surface area contributed by atoms with Gasteiger partial charge in [0.15, 0.2) is 0 Å². The molecule has 1 fully saturated rings. The molecule has 1 aliphatic rings. The van der Waals surface area contributed by atoms with Crippen molar-refractivity contribution in [2.24, 2.45) is 11.1 Å². The van der Waals surface area contributed by atoms with Crippen molar-refractivity contribution in [3.63, 3.8) is 0 Å². The maximum Gasteiger partial charge on any atom is 0.268 e. The van der Waals surface area contributed by atoms with Crippen molar-refractivity contribution in [3.05, 3.63) is 18.0 Å². The fraction of sp³-hybridized carbons (Fsp3) is 0.643. The second-order valence-corrected chi connectivity index (χ2v) is 7.45. The Morgan fingerprint density at radius 1 is 1.48 bits per heavy atom. The van der Waals surface area contributed by atoms with Crippen LogP contribution in [0.3, 0.4) is 0 Å². The van der Waals surface area contributed by atoms with Gasteiger partial charge in [0, 0.05) is 18.8 Å². The number of sulfonamides is 1. The van der Waals surface area contributed by atoms with Gasteiger partial charge in [0.05, 0.1) is 0 Å². The highest BCUT2D eigenvalue weighted by molar-refractivity contribution is 7.89. The van der Waals surface area contributed by atoms with E-state index in [2.05, 4.69) is 12.2 Å². The van der Waals surface area contributed by atoms with Gasteiger partial charge < -0.3 is 9.88 Å². The van der Waals surface area contributed by atoms with Crippen LogP contribution in [0.5, 0.6) is 0 Å². The first-order chi connectivity index (χ1) is 9.81. The van der Waals surface area contributed by atoms with E-state index in [1.807, 2.05) is 6.92 Å². The first-order valence-electron chi connectivity index (χ1n) is 7.35. The topological polar surface area (TPSA) is 94.2 Å². The van der Waals surface area contributed by atoms with Gasteiger partial charge in [-0.25, -0.2) is 13.6 Å². The number of carbonyl (C=O) groups is 1. The van der Waals surface area contributed by atoms with Crippen LogP contribution in [0.2, 0.25) is 0 Å². The lowest BCUT2D eigenvalue weighted by molar-refractivity contribution is 0.0927. The minimum Gasteiger partial charge on any atom is -0.348 e. The van der Waals surface area contributed by atoms with E-state index in [1.165, 1.54) is 12.3 Å². The lowest BCUT2D eigenvalue weighted by Gasteiger charge is -2.13. The summed E-state index contributed by atoms with van der Waals surface area (Å²) in [5.74, 6) is 0.398. The fourth-order valence-electron chi connectivity index (χ4n) is 2.85. The number of nitrogens with zero attached hydrogens (tertiary/aromatic N) is 1. The SMILES string of the molecule is CCCn1cc(S(N)(=O)=O)cc1C(=O)NC1CCC(C)C1. The van der Waals surface area contributed by atoms with Crippen LogP contribution in [0.1, 0.15) is 50.0 Å². The molecule has 0 radical (unpaired) electrons. The Morgan fingerprint density at radius 2 is 2.19 bits per heavy atom. The average Bonchev–Trinajstić information content (AvgIpc) is 2.96. The number of hydrogen-bond acceptors (Lipinski definition) is 3. The van der Waals surface area contributed by atoms with Crippen molar-refractivity contribution in [3.8, 4) is 0 Å². The summed E-state index contributed by atoms with van der Waals surface area (Å²) in [5, 5.41) is 8.14. The molecule has 1 amide bonds. The van der Waals surface area contributed by atoms with Gasteiger partial charge in [-0.2, -0.15) is 0 Å². The Bertz CT molecular complexity index is 621. The molecule has 21 heavy (non-hydrogen) atoms. The average molecular weight is 313 g/mol. The highest BCUT2D eigenvalue weighted by Gasteiger charge is 2.25. The molecule has 0 saturated heterocycles. The maximum absolute atomic E-state index is 12.4. The zero-order valence-electron chi connectivity index (χ0n) is 12.5. The van der Waals surface area contributed by atoms with Gasteiger partial charge in [-0.05, 0) is 37.7 Å². The Balaban J connectivity index is 2.20. The van der Waals surface area contributed by atoms with Crippen LogP contribution in [-0.4, -0.2) is 24.9 Å². The number of nitrogens with two attached hydrogens (primary N) is 1. The molecule has 118 valence electrons. The molecule has 1 aliphatic carbocycles. The molecule has 0 aliphatic heterocycles. The summed E-state index contributed by atoms with van der Waals surface area (Å²) in [5.41, 5.74) is 0.362. The molecular weight excluding hydrogens is 290 g/mol. The Kier molecular flexibility index (Phi) is 4.73. The van der Waals surface area contributed by atoms with E-state index in [1.54, 1.807) is 4.57 Å². The maximum atomic E-state index is 12.4. The summed E-state index contributed by atoms with van der Waals surface area (Å²) in [7, 11) is -3.79. The number of rotatable bonds is 5. The van der Waals surface area contributed by atoms with Gasteiger partial charge in [0.1, 0.15) is 10.6 Å². The molecule has 0 bridgehead atoms. The molecule has 1 aromatic heterocycles. The quantitative estimate of drug-likeness (QED) is 0.861. The Morgan fingerprint density at radius 3 is 2.71 bits per heavy atom. The zero-order chi connectivity index (χ0) is 15.6. The van der Waals surface area contributed by atoms with Crippen LogP contribution in [-0.2, 0) is 16.6 Å². The van der Waals surface area contributed by atoms with Crippen molar-refractivity contribution >= 4 is 15.9 Å². The van der Waals surface area contributed by atoms with Crippen LogP contribution in [0.15, 0.2) is 17.2 Å². The number of nitrogens with one attached hydrogen (secondary N) is 1. The van der Waals surface area contributed by atoms with E-state index in [4.69, 9.17) is 5.14 Å². The molecule has 1 heterocycles. The van der Waals surface area contributed by atoms with Gasteiger partial charge in [-0.3, -0.25) is 4.79 Å².